The summed E-state index contributed by atoms with van der Waals surface area (Å²) in [5.41, 5.74) is 3.21. The van der Waals surface area contributed by atoms with E-state index >= 15 is 0 Å². The fraction of sp³-hybridized carbons (Fsp3) is 0.222. The summed E-state index contributed by atoms with van der Waals surface area (Å²) >= 11 is 0. The quantitative estimate of drug-likeness (QED) is 0.453. The van der Waals surface area contributed by atoms with E-state index in [1.807, 2.05) is 72.8 Å². The molecule has 1 aromatic heterocycles. The van der Waals surface area contributed by atoms with Crippen molar-refractivity contribution >= 4 is 28.2 Å². The highest BCUT2D eigenvalue weighted by molar-refractivity contribution is 6.12. The molecule has 4 aromatic rings. The van der Waals surface area contributed by atoms with Crippen LogP contribution in [-0.2, 0) is 0 Å². The van der Waals surface area contributed by atoms with Crippen LogP contribution >= 0.6 is 0 Å². The molecule has 1 amide bonds. The van der Waals surface area contributed by atoms with E-state index in [-0.39, 0.29) is 5.91 Å². The Bertz CT molecular complexity index is 1220. The van der Waals surface area contributed by atoms with E-state index in [4.69, 9.17) is 0 Å². The lowest BCUT2D eigenvalue weighted by molar-refractivity contribution is 0.102. The van der Waals surface area contributed by atoms with Crippen LogP contribution in [-0.4, -0.2) is 29.2 Å². The zero-order valence-electron chi connectivity index (χ0n) is 18.2. The van der Waals surface area contributed by atoms with Crippen molar-refractivity contribution in [3.05, 3.63) is 84.4 Å². The third-order valence-corrected chi connectivity index (χ3v) is 6.23. The number of fused-ring (bicyclic) bond motifs is 1. The molecule has 5 heteroatoms. The Hall–Kier alpha value is -3.73. The Kier molecular flexibility index (Phi) is 5.55. The Balaban J connectivity index is 1.28. The van der Waals surface area contributed by atoms with Crippen molar-refractivity contribution in [2.75, 3.05) is 23.3 Å². The molecule has 0 atom stereocenters. The zero-order chi connectivity index (χ0) is 21.9. The van der Waals surface area contributed by atoms with Crippen molar-refractivity contribution in [1.82, 2.24) is 10.2 Å². The smallest absolute Gasteiger partial charge is 0.256 e. The van der Waals surface area contributed by atoms with Crippen molar-refractivity contribution < 1.29 is 4.79 Å². The first-order valence-electron chi connectivity index (χ1n) is 11.2. The van der Waals surface area contributed by atoms with E-state index in [9.17, 15) is 4.79 Å². The Morgan fingerprint density at radius 3 is 2.38 bits per heavy atom. The first kappa shape index (κ1) is 20.2. The lowest BCUT2D eigenvalue weighted by atomic mass is 9.99. The highest BCUT2D eigenvalue weighted by Crippen LogP contribution is 2.25. The fourth-order valence-electron chi connectivity index (χ4n) is 4.23. The van der Waals surface area contributed by atoms with Crippen molar-refractivity contribution in [1.29, 1.82) is 0 Å². The van der Waals surface area contributed by atoms with E-state index < -0.39 is 0 Å². The van der Waals surface area contributed by atoms with Crippen molar-refractivity contribution in [3.63, 3.8) is 0 Å². The van der Waals surface area contributed by atoms with Gasteiger partial charge in [0.1, 0.15) is 0 Å². The molecule has 0 unspecified atom stereocenters. The summed E-state index contributed by atoms with van der Waals surface area (Å²) in [5, 5.41) is 13.9. The molecule has 1 N–H and O–H groups in total. The number of nitrogens with one attached hydrogen (secondary N) is 1. The highest BCUT2D eigenvalue weighted by Gasteiger charge is 2.17. The second kappa shape index (κ2) is 8.79. The maximum atomic E-state index is 12.9. The molecule has 3 aromatic carbocycles. The Labute approximate surface area is 188 Å². The summed E-state index contributed by atoms with van der Waals surface area (Å²) in [5.74, 6) is 1.62. The molecule has 0 saturated carbocycles. The molecule has 1 fully saturated rings. The monoisotopic (exact) mass is 422 g/mol. The van der Waals surface area contributed by atoms with Crippen LogP contribution < -0.4 is 10.2 Å². The summed E-state index contributed by atoms with van der Waals surface area (Å²) in [4.78, 5) is 15.2. The second-order valence-electron chi connectivity index (χ2n) is 8.50. The molecule has 2 heterocycles. The van der Waals surface area contributed by atoms with Gasteiger partial charge in [-0.15, -0.1) is 10.2 Å². The van der Waals surface area contributed by atoms with Crippen LogP contribution in [0.2, 0.25) is 0 Å². The van der Waals surface area contributed by atoms with Gasteiger partial charge in [0, 0.05) is 29.9 Å². The molecular weight excluding hydrogens is 396 g/mol. The van der Waals surface area contributed by atoms with E-state index in [2.05, 4.69) is 33.4 Å². The van der Waals surface area contributed by atoms with Gasteiger partial charge in [0.25, 0.3) is 5.91 Å². The zero-order valence-corrected chi connectivity index (χ0v) is 18.2. The van der Waals surface area contributed by atoms with Crippen LogP contribution in [0.15, 0.2) is 78.9 Å². The third-order valence-electron chi connectivity index (χ3n) is 6.23. The number of carbonyl (C=O) groups excluding carboxylic acids is 1. The molecule has 5 nitrogen and oxygen atoms in total. The van der Waals surface area contributed by atoms with Crippen LogP contribution in [0.1, 0.15) is 30.1 Å². The van der Waals surface area contributed by atoms with Gasteiger partial charge >= 0.3 is 0 Å². The molecular formula is C27H26N4O. The van der Waals surface area contributed by atoms with Crippen molar-refractivity contribution in [2.45, 2.75) is 19.8 Å². The third kappa shape index (κ3) is 4.19. The van der Waals surface area contributed by atoms with Crippen LogP contribution in [0.5, 0.6) is 0 Å². The second-order valence-corrected chi connectivity index (χ2v) is 8.50. The highest BCUT2D eigenvalue weighted by atomic mass is 16.1. The number of piperidine rings is 1. The minimum atomic E-state index is -0.116. The van der Waals surface area contributed by atoms with Crippen molar-refractivity contribution in [3.8, 4) is 11.3 Å². The Morgan fingerprint density at radius 2 is 1.62 bits per heavy atom. The number of amides is 1. The summed E-state index contributed by atoms with van der Waals surface area (Å²) in [6.07, 6.45) is 2.41. The maximum Gasteiger partial charge on any atom is 0.256 e. The average molecular weight is 423 g/mol. The molecule has 0 aliphatic carbocycles. The van der Waals surface area contributed by atoms with Gasteiger partial charge in [0.15, 0.2) is 5.82 Å². The van der Waals surface area contributed by atoms with Crippen LogP contribution in [0.4, 0.5) is 11.5 Å². The van der Waals surface area contributed by atoms with Gasteiger partial charge in [-0.2, -0.15) is 0 Å². The normalized spacial score (nSPS) is 14.5. The molecule has 1 aliphatic rings. The molecule has 32 heavy (non-hydrogen) atoms. The number of carbonyl (C=O) groups is 1. The summed E-state index contributed by atoms with van der Waals surface area (Å²) in [6, 6.07) is 25.5. The van der Waals surface area contributed by atoms with Crippen LogP contribution in [0, 0.1) is 5.92 Å². The number of nitrogens with zero attached hydrogens (tertiary/aromatic N) is 3. The van der Waals surface area contributed by atoms with E-state index in [1.54, 1.807) is 0 Å². The first-order chi connectivity index (χ1) is 15.7. The van der Waals surface area contributed by atoms with Crippen molar-refractivity contribution in [2.24, 2.45) is 5.92 Å². The SMILES string of the molecule is CC1CCN(c2ccc(-c3ccc(NC(=O)c4cccc5ccccc45)cc3)nn2)CC1. The first-order valence-corrected chi connectivity index (χ1v) is 11.2. The van der Waals surface area contributed by atoms with Gasteiger partial charge in [-0.1, -0.05) is 55.5 Å². The lowest BCUT2D eigenvalue weighted by Crippen LogP contribution is -2.33. The van der Waals surface area contributed by atoms with Crippen LogP contribution in [0.25, 0.3) is 22.0 Å². The molecule has 0 bridgehead atoms. The number of rotatable bonds is 4. The lowest BCUT2D eigenvalue weighted by Gasteiger charge is -2.30. The van der Waals surface area contributed by atoms with E-state index in [0.717, 1.165) is 52.5 Å². The minimum absolute atomic E-state index is 0.116. The van der Waals surface area contributed by atoms with Gasteiger partial charge in [-0.05, 0) is 59.9 Å². The maximum absolute atomic E-state index is 12.9. The number of benzene rings is 3. The predicted molar refractivity (Wildman–Crippen MR) is 130 cm³/mol. The molecule has 1 saturated heterocycles. The standard InChI is InChI=1S/C27H26N4O/c1-19-15-17-31(18-16-19)26-14-13-25(29-30-26)21-9-11-22(12-10-21)28-27(32)24-8-4-6-20-5-2-3-7-23(20)24/h2-14,19H,15-18H2,1H3,(H,28,32). The number of hydrogen-bond acceptors (Lipinski definition) is 4. The summed E-state index contributed by atoms with van der Waals surface area (Å²) < 4.78 is 0. The minimum Gasteiger partial charge on any atom is -0.355 e. The largest absolute Gasteiger partial charge is 0.355 e. The fourth-order valence-corrected chi connectivity index (χ4v) is 4.23. The summed E-state index contributed by atoms with van der Waals surface area (Å²) in [7, 11) is 0. The van der Waals surface area contributed by atoms with Gasteiger partial charge in [-0.3, -0.25) is 4.79 Å². The summed E-state index contributed by atoms with van der Waals surface area (Å²) in [6.45, 7) is 4.39. The van der Waals surface area contributed by atoms with Gasteiger partial charge in [0.2, 0.25) is 0 Å². The topological polar surface area (TPSA) is 58.1 Å². The average Bonchev–Trinajstić information content (AvgIpc) is 2.85. The van der Waals surface area contributed by atoms with Gasteiger partial charge < -0.3 is 10.2 Å². The van der Waals surface area contributed by atoms with E-state index in [0.29, 0.717) is 5.56 Å². The Morgan fingerprint density at radius 1 is 0.875 bits per heavy atom. The van der Waals surface area contributed by atoms with Gasteiger partial charge in [-0.25, -0.2) is 0 Å². The molecule has 160 valence electrons. The van der Waals surface area contributed by atoms with Gasteiger partial charge in [0.05, 0.1) is 5.69 Å². The molecule has 0 radical (unpaired) electrons. The molecule has 0 spiro atoms. The molecule has 1 aliphatic heterocycles. The number of aromatic nitrogens is 2. The number of hydrogen-bond donors (Lipinski definition) is 1. The molecule has 5 rings (SSSR count). The van der Waals surface area contributed by atoms with Crippen LogP contribution in [0.3, 0.4) is 0 Å². The van der Waals surface area contributed by atoms with E-state index in [1.165, 1.54) is 12.8 Å². The predicted octanol–water partition coefficient (Wildman–Crippen LogP) is 5.79. The number of anilines is 2.